The first-order chi connectivity index (χ1) is 16.9. The lowest BCUT2D eigenvalue weighted by atomic mass is 10.0. The minimum absolute atomic E-state index is 0.0764. The molecule has 9 nitrogen and oxygen atoms in total. The number of amides is 1. The molecule has 3 aromatic rings. The van der Waals surface area contributed by atoms with Crippen LogP contribution < -0.4 is 5.32 Å². The van der Waals surface area contributed by atoms with Crippen LogP contribution in [0.25, 0.3) is 5.69 Å². The zero-order valence-corrected chi connectivity index (χ0v) is 20.3. The standard InChI is InChI=1S/C25H26F2N6O3/c1-14(18-12-29-32(13-18)19-8-15(11-28)7-17(9-19)22(26)27)23(34)30-21-10-20(16-5-6-16)31-33(21)24(35)36-25(2,3)4/h7-10,12-14,16,22H,5-6H2,1-4H3,(H,30,34). The van der Waals surface area contributed by atoms with Crippen molar-refractivity contribution in [2.75, 3.05) is 5.32 Å². The maximum Gasteiger partial charge on any atom is 0.437 e. The number of carbonyl (C=O) groups excluding carboxylic acids is 2. The van der Waals surface area contributed by atoms with Crippen molar-refractivity contribution in [3.8, 4) is 11.8 Å². The van der Waals surface area contributed by atoms with E-state index in [2.05, 4.69) is 15.5 Å². The molecule has 2 aromatic heterocycles. The third-order valence-corrected chi connectivity index (χ3v) is 5.62. The summed E-state index contributed by atoms with van der Waals surface area (Å²) in [6, 6.07) is 7.34. The second-order valence-electron chi connectivity index (χ2n) is 9.78. The fourth-order valence-electron chi connectivity index (χ4n) is 3.56. The second kappa shape index (κ2) is 9.53. The highest BCUT2D eigenvalue weighted by Crippen LogP contribution is 2.40. The van der Waals surface area contributed by atoms with Gasteiger partial charge in [-0.05, 0) is 58.7 Å². The van der Waals surface area contributed by atoms with Gasteiger partial charge in [-0.25, -0.2) is 18.3 Å². The van der Waals surface area contributed by atoms with E-state index in [-0.39, 0.29) is 28.6 Å². The molecule has 0 radical (unpaired) electrons. The first-order valence-electron chi connectivity index (χ1n) is 11.5. The van der Waals surface area contributed by atoms with Crippen molar-refractivity contribution in [1.82, 2.24) is 19.6 Å². The smallest absolute Gasteiger partial charge is 0.437 e. The molecule has 0 spiro atoms. The Morgan fingerprint density at radius 1 is 1.19 bits per heavy atom. The van der Waals surface area contributed by atoms with Gasteiger partial charge in [0, 0.05) is 29.3 Å². The van der Waals surface area contributed by atoms with Crippen molar-refractivity contribution in [3.05, 3.63) is 59.0 Å². The Morgan fingerprint density at radius 3 is 2.53 bits per heavy atom. The van der Waals surface area contributed by atoms with E-state index in [1.54, 1.807) is 33.8 Å². The van der Waals surface area contributed by atoms with Crippen LogP contribution in [-0.2, 0) is 9.53 Å². The number of ether oxygens (including phenoxy) is 1. The van der Waals surface area contributed by atoms with Gasteiger partial charge in [0.25, 0.3) is 6.43 Å². The maximum atomic E-state index is 13.2. The Bertz CT molecular complexity index is 1340. The number of nitrogens with one attached hydrogen (secondary N) is 1. The van der Waals surface area contributed by atoms with Gasteiger partial charge in [-0.2, -0.15) is 15.5 Å². The first kappa shape index (κ1) is 25.0. The summed E-state index contributed by atoms with van der Waals surface area (Å²) >= 11 is 0. The number of rotatable bonds is 6. The molecule has 0 aliphatic heterocycles. The first-order valence-corrected chi connectivity index (χ1v) is 11.5. The van der Waals surface area contributed by atoms with E-state index in [0.717, 1.165) is 23.6 Å². The van der Waals surface area contributed by atoms with E-state index in [9.17, 15) is 18.4 Å². The number of carbonyl (C=O) groups is 2. The molecule has 188 valence electrons. The van der Waals surface area contributed by atoms with E-state index in [1.165, 1.54) is 29.2 Å². The SMILES string of the molecule is CC(C(=O)Nc1cc(C2CC2)nn1C(=O)OC(C)(C)C)c1cnn(-c2cc(C#N)cc(C(F)F)c2)c1. The average molecular weight is 497 g/mol. The highest BCUT2D eigenvalue weighted by molar-refractivity contribution is 5.96. The van der Waals surface area contributed by atoms with Gasteiger partial charge in [0.1, 0.15) is 11.4 Å². The molecule has 1 saturated carbocycles. The molecule has 0 saturated heterocycles. The Morgan fingerprint density at radius 2 is 1.92 bits per heavy atom. The van der Waals surface area contributed by atoms with Crippen LogP contribution in [-0.4, -0.2) is 37.2 Å². The lowest BCUT2D eigenvalue weighted by Crippen LogP contribution is -2.29. The third-order valence-electron chi connectivity index (χ3n) is 5.62. The van der Waals surface area contributed by atoms with Crippen LogP contribution in [0.3, 0.4) is 0 Å². The summed E-state index contributed by atoms with van der Waals surface area (Å²) in [6.07, 6.45) is 1.48. The topological polar surface area (TPSA) is 115 Å². The number of alkyl halides is 2. The van der Waals surface area contributed by atoms with Crippen LogP contribution in [0.4, 0.5) is 19.4 Å². The highest BCUT2D eigenvalue weighted by atomic mass is 19.3. The fraction of sp³-hybridized carbons (Fsp3) is 0.400. The van der Waals surface area contributed by atoms with E-state index in [4.69, 9.17) is 10.00 Å². The molecule has 1 N–H and O–H groups in total. The minimum Gasteiger partial charge on any atom is -0.442 e. The van der Waals surface area contributed by atoms with Crippen molar-refractivity contribution in [2.24, 2.45) is 0 Å². The lowest BCUT2D eigenvalue weighted by Gasteiger charge is -2.20. The number of benzene rings is 1. The van der Waals surface area contributed by atoms with Crippen molar-refractivity contribution in [3.63, 3.8) is 0 Å². The third kappa shape index (κ3) is 5.59. The van der Waals surface area contributed by atoms with Crippen LogP contribution in [0.5, 0.6) is 0 Å². The molecule has 0 bridgehead atoms. The fourth-order valence-corrected chi connectivity index (χ4v) is 3.56. The second-order valence-corrected chi connectivity index (χ2v) is 9.78. The van der Waals surface area contributed by atoms with Crippen LogP contribution >= 0.6 is 0 Å². The zero-order valence-electron chi connectivity index (χ0n) is 20.3. The zero-order chi connectivity index (χ0) is 26.2. The molecule has 2 heterocycles. The normalized spacial score (nSPS) is 14.4. The maximum absolute atomic E-state index is 13.2. The van der Waals surface area contributed by atoms with Gasteiger partial charge < -0.3 is 10.1 Å². The highest BCUT2D eigenvalue weighted by Gasteiger charge is 2.31. The monoisotopic (exact) mass is 496 g/mol. The summed E-state index contributed by atoms with van der Waals surface area (Å²) in [5, 5.41) is 20.5. The molecule has 1 amide bonds. The lowest BCUT2D eigenvalue weighted by molar-refractivity contribution is -0.117. The molecule has 36 heavy (non-hydrogen) atoms. The van der Waals surface area contributed by atoms with Gasteiger partial charge in [0.2, 0.25) is 5.91 Å². The van der Waals surface area contributed by atoms with Crippen molar-refractivity contribution in [2.45, 2.75) is 64.4 Å². The molecule has 1 fully saturated rings. The molecule has 1 aliphatic carbocycles. The predicted octanol–water partition coefficient (Wildman–Crippen LogP) is 5.28. The number of aromatic nitrogens is 4. The molecule has 1 unspecified atom stereocenters. The molecule has 4 rings (SSSR count). The van der Waals surface area contributed by atoms with Crippen LogP contribution in [0, 0.1) is 11.3 Å². The quantitative estimate of drug-likeness (QED) is 0.496. The summed E-state index contributed by atoms with van der Waals surface area (Å²) in [5.74, 6) is -0.652. The van der Waals surface area contributed by atoms with Crippen LogP contribution in [0.2, 0.25) is 0 Å². The van der Waals surface area contributed by atoms with E-state index in [0.29, 0.717) is 11.3 Å². The van der Waals surface area contributed by atoms with Gasteiger partial charge in [0.15, 0.2) is 0 Å². The van der Waals surface area contributed by atoms with E-state index in [1.807, 2.05) is 6.07 Å². The Kier molecular flexibility index (Phi) is 6.63. The van der Waals surface area contributed by atoms with Crippen molar-refractivity contribution in [1.29, 1.82) is 5.26 Å². The number of halogens is 2. The molecule has 11 heteroatoms. The molecular formula is C25H26F2N6O3. The number of nitrogens with zero attached hydrogens (tertiary/aromatic N) is 5. The van der Waals surface area contributed by atoms with Gasteiger partial charge >= 0.3 is 6.09 Å². The predicted molar refractivity (Wildman–Crippen MR) is 126 cm³/mol. The number of hydrogen-bond donors (Lipinski definition) is 1. The average Bonchev–Trinajstić information content (AvgIpc) is 3.39. The summed E-state index contributed by atoms with van der Waals surface area (Å²) in [6.45, 7) is 6.88. The summed E-state index contributed by atoms with van der Waals surface area (Å²) < 4.78 is 34.3. The van der Waals surface area contributed by atoms with Crippen LogP contribution in [0.15, 0.2) is 36.7 Å². The Balaban J connectivity index is 1.55. The number of nitriles is 1. The van der Waals surface area contributed by atoms with Gasteiger partial charge in [-0.15, -0.1) is 4.68 Å². The number of anilines is 1. The van der Waals surface area contributed by atoms with Gasteiger partial charge in [-0.3, -0.25) is 4.79 Å². The van der Waals surface area contributed by atoms with E-state index < -0.39 is 29.9 Å². The van der Waals surface area contributed by atoms with Gasteiger partial charge in [-0.1, -0.05) is 0 Å². The van der Waals surface area contributed by atoms with Crippen molar-refractivity contribution < 1.29 is 23.1 Å². The largest absolute Gasteiger partial charge is 0.442 e. The Labute approximate surface area is 206 Å². The van der Waals surface area contributed by atoms with E-state index >= 15 is 0 Å². The number of hydrogen-bond acceptors (Lipinski definition) is 6. The summed E-state index contributed by atoms with van der Waals surface area (Å²) in [4.78, 5) is 25.8. The van der Waals surface area contributed by atoms with Crippen LogP contribution in [0.1, 0.15) is 81.2 Å². The van der Waals surface area contributed by atoms with Gasteiger partial charge in [0.05, 0.1) is 35.1 Å². The summed E-state index contributed by atoms with van der Waals surface area (Å²) in [5.41, 5.74) is 0.545. The minimum atomic E-state index is -2.74. The van der Waals surface area contributed by atoms with Crippen molar-refractivity contribution >= 4 is 17.8 Å². The molecule has 1 atom stereocenters. The molecule has 1 aromatic carbocycles. The Hall–Kier alpha value is -4.07. The summed E-state index contributed by atoms with van der Waals surface area (Å²) in [7, 11) is 0. The molecule has 1 aliphatic rings. The molecular weight excluding hydrogens is 470 g/mol.